The molecule has 2 aliphatic heterocycles. The van der Waals surface area contributed by atoms with Crippen LogP contribution in [0.2, 0.25) is 0 Å². The van der Waals surface area contributed by atoms with Crippen molar-refractivity contribution in [3.63, 3.8) is 0 Å². The molecule has 0 amide bonds. The zero-order valence-electron chi connectivity index (χ0n) is 28.1. The van der Waals surface area contributed by atoms with Crippen molar-refractivity contribution in [2.24, 2.45) is 0 Å². The van der Waals surface area contributed by atoms with Gasteiger partial charge in [0.1, 0.15) is 0 Å². The Kier molecular flexibility index (Phi) is 5.47. The van der Waals surface area contributed by atoms with Crippen LogP contribution in [0, 0.1) is 0 Å². The summed E-state index contributed by atoms with van der Waals surface area (Å²) >= 11 is 0. The molecule has 8 aromatic carbocycles. The Balaban J connectivity index is 1.22. The first-order valence-corrected chi connectivity index (χ1v) is 17.9. The zero-order valence-corrected chi connectivity index (χ0v) is 28.1. The molecule has 0 saturated heterocycles. The second-order valence-corrected chi connectivity index (χ2v) is 13.8. The SMILES string of the molecule is c1ccc(N2c3ccccc3-n3c4ccccc4c4cc(-c5cc6c7c(c5)c5ccccc5n7-c5ccccc5N6c5ccccc5)cc2c43)cc1. The number of para-hydroxylation sites is 8. The number of rotatable bonds is 3. The van der Waals surface area contributed by atoms with Crippen molar-refractivity contribution < 1.29 is 0 Å². The van der Waals surface area contributed by atoms with Gasteiger partial charge < -0.3 is 18.9 Å². The maximum Gasteiger partial charge on any atom is 0.0783 e. The zero-order chi connectivity index (χ0) is 33.9. The lowest BCUT2D eigenvalue weighted by Gasteiger charge is -2.34. The lowest BCUT2D eigenvalue weighted by Crippen LogP contribution is -2.18. The average molecular weight is 663 g/mol. The van der Waals surface area contributed by atoms with E-state index >= 15 is 0 Å². The van der Waals surface area contributed by atoms with Crippen LogP contribution in [0.15, 0.2) is 182 Å². The van der Waals surface area contributed by atoms with Gasteiger partial charge in [-0.15, -0.1) is 0 Å². The van der Waals surface area contributed by atoms with Crippen LogP contribution in [0.3, 0.4) is 0 Å². The fourth-order valence-corrected chi connectivity index (χ4v) is 8.98. The van der Waals surface area contributed by atoms with E-state index in [1.54, 1.807) is 0 Å². The van der Waals surface area contributed by atoms with Crippen LogP contribution in [-0.2, 0) is 0 Å². The number of hydrogen-bond donors (Lipinski definition) is 0. The highest BCUT2D eigenvalue weighted by molar-refractivity contribution is 6.20. The first-order valence-electron chi connectivity index (χ1n) is 17.9. The summed E-state index contributed by atoms with van der Waals surface area (Å²) in [5.41, 5.74) is 16.6. The Morgan fingerprint density at radius 2 is 0.635 bits per heavy atom. The highest BCUT2D eigenvalue weighted by Gasteiger charge is 2.32. The summed E-state index contributed by atoms with van der Waals surface area (Å²) in [6, 6.07) is 66.5. The van der Waals surface area contributed by atoms with Crippen molar-refractivity contribution in [2.75, 3.05) is 9.80 Å². The van der Waals surface area contributed by atoms with E-state index in [9.17, 15) is 0 Å². The number of fused-ring (bicyclic) bond motifs is 10. The molecular formula is C48H30N4. The lowest BCUT2D eigenvalue weighted by molar-refractivity contribution is 1.11. The van der Waals surface area contributed by atoms with Gasteiger partial charge in [-0.1, -0.05) is 97.1 Å². The van der Waals surface area contributed by atoms with E-state index in [-0.39, 0.29) is 0 Å². The third-order valence-electron chi connectivity index (χ3n) is 11.1. The third kappa shape index (κ3) is 3.60. The van der Waals surface area contributed by atoms with Gasteiger partial charge in [0.2, 0.25) is 0 Å². The van der Waals surface area contributed by atoms with Gasteiger partial charge in [-0.25, -0.2) is 0 Å². The van der Waals surface area contributed by atoms with Gasteiger partial charge in [0.15, 0.2) is 0 Å². The maximum atomic E-state index is 2.47. The van der Waals surface area contributed by atoms with Gasteiger partial charge in [-0.05, 0) is 96.1 Å². The molecule has 0 radical (unpaired) electrons. The van der Waals surface area contributed by atoms with Gasteiger partial charge in [-0.2, -0.15) is 0 Å². The predicted molar refractivity (Wildman–Crippen MR) is 217 cm³/mol. The molecule has 0 saturated carbocycles. The average Bonchev–Trinajstić information content (AvgIpc) is 3.73. The van der Waals surface area contributed by atoms with Gasteiger partial charge in [0.25, 0.3) is 0 Å². The standard InChI is InChI=1S/C48H30N4/c1-3-15-33(16-4-1)49-41-23-11-13-25-43(41)51-39-21-9-7-19-35(39)37-27-31(29-45(49)47(37)51)32-28-38-36-20-8-10-22-40(36)52-44-26-14-12-24-42(44)50(46(30-32)48(38)52)34-17-5-2-6-18-34/h1-30H. The van der Waals surface area contributed by atoms with Crippen LogP contribution < -0.4 is 9.80 Å². The van der Waals surface area contributed by atoms with Crippen molar-refractivity contribution in [1.29, 1.82) is 0 Å². The van der Waals surface area contributed by atoms with Crippen molar-refractivity contribution in [3.8, 4) is 22.5 Å². The van der Waals surface area contributed by atoms with Gasteiger partial charge in [0.05, 0.1) is 56.2 Å². The Bertz CT molecular complexity index is 2870. The normalized spacial score (nSPS) is 12.9. The molecule has 0 fully saturated rings. The summed E-state index contributed by atoms with van der Waals surface area (Å²) in [7, 11) is 0. The summed E-state index contributed by atoms with van der Waals surface area (Å²) in [6.07, 6.45) is 0. The minimum atomic E-state index is 1.14. The molecule has 12 rings (SSSR count). The fraction of sp³-hybridized carbons (Fsp3) is 0. The van der Waals surface area contributed by atoms with Crippen LogP contribution in [0.25, 0.3) is 66.1 Å². The topological polar surface area (TPSA) is 16.3 Å². The highest BCUT2D eigenvalue weighted by Crippen LogP contribution is 2.54. The number of aromatic nitrogens is 2. The highest BCUT2D eigenvalue weighted by atomic mass is 15.2. The second-order valence-electron chi connectivity index (χ2n) is 13.8. The largest absolute Gasteiger partial charge is 0.306 e. The molecule has 2 aliphatic rings. The molecule has 4 heterocycles. The number of anilines is 6. The van der Waals surface area contributed by atoms with E-state index in [1.165, 1.54) is 88.9 Å². The molecule has 0 N–H and O–H groups in total. The minimum Gasteiger partial charge on any atom is -0.306 e. The maximum absolute atomic E-state index is 2.47. The van der Waals surface area contributed by atoms with E-state index in [0.717, 1.165) is 11.4 Å². The Morgan fingerprint density at radius 1 is 0.269 bits per heavy atom. The van der Waals surface area contributed by atoms with E-state index in [1.807, 2.05) is 0 Å². The summed E-state index contributed by atoms with van der Waals surface area (Å²) in [5, 5.41) is 5.01. The quantitative estimate of drug-likeness (QED) is 0.187. The molecule has 4 nitrogen and oxygen atoms in total. The van der Waals surface area contributed by atoms with Gasteiger partial charge in [0, 0.05) is 32.9 Å². The third-order valence-corrected chi connectivity index (χ3v) is 11.1. The molecule has 0 aliphatic carbocycles. The first kappa shape index (κ1) is 27.7. The molecular weight excluding hydrogens is 633 g/mol. The van der Waals surface area contributed by atoms with Crippen LogP contribution in [0.5, 0.6) is 0 Å². The van der Waals surface area contributed by atoms with Gasteiger partial charge in [-0.3, -0.25) is 0 Å². The molecule has 2 aromatic heterocycles. The molecule has 0 unspecified atom stereocenters. The molecule has 242 valence electrons. The molecule has 10 aromatic rings. The first-order chi connectivity index (χ1) is 25.8. The van der Waals surface area contributed by atoms with Crippen LogP contribution >= 0.6 is 0 Å². The number of nitrogens with zero attached hydrogens (tertiary/aromatic N) is 4. The summed E-state index contributed by atoms with van der Waals surface area (Å²) in [4.78, 5) is 4.89. The van der Waals surface area contributed by atoms with Gasteiger partial charge >= 0.3 is 0 Å². The summed E-state index contributed by atoms with van der Waals surface area (Å²) < 4.78 is 4.93. The molecule has 52 heavy (non-hydrogen) atoms. The van der Waals surface area contributed by atoms with E-state index < -0.39 is 0 Å². The van der Waals surface area contributed by atoms with Crippen molar-refractivity contribution in [1.82, 2.24) is 9.13 Å². The summed E-state index contributed by atoms with van der Waals surface area (Å²) in [6.45, 7) is 0. The Hall–Kier alpha value is -7.04. The number of hydrogen-bond acceptors (Lipinski definition) is 2. The lowest BCUT2D eigenvalue weighted by atomic mass is 9.96. The number of benzene rings is 8. The van der Waals surface area contributed by atoms with E-state index in [2.05, 4.69) is 201 Å². The Morgan fingerprint density at radius 3 is 1.08 bits per heavy atom. The Labute approximate surface area is 300 Å². The monoisotopic (exact) mass is 662 g/mol. The van der Waals surface area contributed by atoms with Crippen molar-refractivity contribution in [3.05, 3.63) is 182 Å². The van der Waals surface area contributed by atoms with Crippen molar-refractivity contribution >= 4 is 77.7 Å². The van der Waals surface area contributed by atoms with Crippen LogP contribution in [0.4, 0.5) is 34.1 Å². The van der Waals surface area contributed by atoms with Crippen LogP contribution in [0.1, 0.15) is 0 Å². The molecule has 0 bridgehead atoms. The second kappa shape index (κ2) is 10.3. The fourth-order valence-electron chi connectivity index (χ4n) is 8.98. The smallest absolute Gasteiger partial charge is 0.0783 e. The molecule has 0 atom stereocenters. The summed E-state index contributed by atoms with van der Waals surface area (Å²) in [5.74, 6) is 0. The van der Waals surface area contributed by atoms with E-state index in [0.29, 0.717) is 0 Å². The van der Waals surface area contributed by atoms with E-state index in [4.69, 9.17) is 0 Å². The minimum absolute atomic E-state index is 1.14. The van der Waals surface area contributed by atoms with Crippen LogP contribution in [-0.4, -0.2) is 9.13 Å². The predicted octanol–water partition coefficient (Wildman–Crippen LogP) is 13.1. The van der Waals surface area contributed by atoms with Crippen molar-refractivity contribution in [2.45, 2.75) is 0 Å². The molecule has 4 heteroatoms. The molecule has 0 spiro atoms.